The van der Waals surface area contributed by atoms with Gasteiger partial charge >= 0.3 is 0 Å². The largest absolute Gasteiger partial charge is 0.507 e. The molecule has 0 unspecified atom stereocenters. The normalized spacial score (nSPS) is 13.5. The van der Waals surface area contributed by atoms with Crippen LogP contribution in [-0.4, -0.2) is 14.1 Å². The molecule has 0 amide bonds. The quantitative estimate of drug-likeness (QED) is 0.128. The maximum Gasteiger partial charge on any atom is 0.135 e. The van der Waals surface area contributed by atoms with Gasteiger partial charge in [0.25, 0.3) is 0 Å². The van der Waals surface area contributed by atoms with Crippen molar-refractivity contribution < 1.29 is 25.8 Å². The van der Waals surface area contributed by atoms with Gasteiger partial charge in [-0.3, -0.25) is 0 Å². The molecule has 0 saturated carbocycles. The van der Waals surface area contributed by atoms with Crippen LogP contribution in [0.2, 0.25) is 0 Å². The molecule has 7 heteroatoms. The van der Waals surface area contributed by atoms with Crippen LogP contribution in [0.25, 0.3) is 88.5 Å². The van der Waals surface area contributed by atoms with E-state index in [4.69, 9.17) is 9.72 Å². The van der Waals surface area contributed by atoms with Gasteiger partial charge in [-0.15, -0.1) is 48.3 Å². The Balaban J connectivity index is 0.00000751. The summed E-state index contributed by atoms with van der Waals surface area (Å²) in [6.07, 6.45) is 1.94. The number of ether oxygens (including phenoxy) is 1. The van der Waals surface area contributed by atoms with Gasteiger partial charge in [-0.05, 0) is 138 Å². The molecule has 1 aliphatic carbocycles. The average molecular weight is 1450 g/mol. The summed E-state index contributed by atoms with van der Waals surface area (Å²) in [6, 6.07) is 108. The fourth-order valence-electron chi connectivity index (χ4n) is 15.3. The number of rotatable bonds is 10. The molecular formula is C91H74N5OPt-3. The Kier molecular flexibility index (Phi) is 15.0. The molecule has 3 aromatic heterocycles. The van der Waals surface area contributed by atoms with E-state index in [0.717, 1.165) is 111 Å². The van der Waals surface area contributed by atoms with Gasteiger partial charge in [-0.1, -0.05) is 273 Å². The van der Waals surface area contributed by atoms with Gasteiger partial charge in [-0.25, -0.2) is 4.98 Å². The maximum atomic E-state index is 8.00. The number of anilines is 4. The molecule has 1 aliphatic heterocycles. The molecule has 0 atom stereocenters. The molecule has 6 nitrogen and oxygen atoms in total. The summed E-state index contributed by atoms with van der Waals surface area (Å²) in [5.41, 5.74) is 22.8. The number of hydrogen-bond donors (Lipinski definition) is 0. The van der Waals surface area contributed by atoms with Crippen molar-refractivity contribution in [1.82, 2.24) is 14.1 Å². The molecule has 17 rings (SSSR count). The minimum absolute atomic E-state index is 0. The zero-order valence-corrected chi connectivity index (χ0v) is 58.9. The molecule has 2 aliphatic rings. The van der Waals surface area contributed by atoms with E-state index in [2.05, 4.69) is 373 Å². The van der Waals surface area contributed by atoms with Crippen LogP contribution in [0.15, 0.2) is 279 Å². The van der Waals surface area contributed by atoms with Crippen LogP contribution in [0, 0.1) is 18.8 Å². The van der Waals surface area contributed by atoms with Crippen LogP contribution < -0.4 is 14.5 Å². The van der Waals surface area contributed by atoms with E-state index in [-0.39, 0.29) is 37.3 Å². The molecule has 0 bridgehead atoms. The summed E-state index contributed by atoms with van der Waals surface area (Å²) in [6.45, 7) is 22.9. The second-order valence-electron chi connectivity index (χ2n) is 29.3. The first-order chi connectivity index (χ1) is 47.0. The molecular weight excluding hydrogens is 1370 g/mol. The summed E-state index contributed by atoms with van der Waals surface area (Å²) < 4.78 is 12.6. The van der Waals surface area contributed by atoms with Crippen molar-refractivity contribution in [3.8, 4) is 56.4 Å². The number of nitrogens with zero attached hydrogens (tertiary/aromatic N) is 5. The Labute approximate surface area is 589 Å². The Morgan fingerprint density at radius 1 is 0.388 bits per heavy atom. The number of hydrogen-bond acceptors (Lipinski definition) is 4. The zero-order valence-electron chi connectivity index (χ0n) is 56.6. The topological polar surface area (TPSA) is 38.5 Å². The predicted octanol–water partition coefficient (Wildman–Crippen LogP) is 23.7. The average Bonchev–Trinajstić information content (AvgIpc) is 1.59. The van der Waals surface area contributed by atoms with Crippen molar-refractivity contribution >= 4 is 66.4 Å². The maximum absolute atomic E-state index is 8.00. The summed E-state index contributed by atoms with van der Waals surface area (Å²) >= 11 is 0. The minimum atomic E-state index is -0.840. The summed E-state index contributed by atoms with van der Waals surface area (Å²) in [4.78, 5) is 9.90. The van der Waals surface area contributed by atoms with E-state index >= 15 is 0 Å². The van der Waals surface area contributed by atoms with Crippen molar-refractivity contribution in [3.05, 3.63) is 337 Å². The first-order valence-electron chi connectivity index (χ1n) is 33.8. The van der Waals surface area contributed by atoms with Gasteiger partial charge in [0.05, 0.1) is 0 Å². The third kappa shape index (κ3) is 10.1. The van der Waals surface area contributed by atoms with Gasteiger partial charge in [-0.2, -0.15) is 0 Å². The number of para-hydroxylation sites is 5. The summed E-state index contributed by atoms with van der Waals surface area (Å²) in [5, 5.41) is 4.41. The van der Waals surface area contributed by atoms with E-state index < -0.39 is 5.41 Å². The Morgan fingerprint density at radius 2 is 0.878 bits per heavy atom. The number of benzene rings is 12. The standard InChI is InChI=1S/C91H74N5O.Pt/c1-88(2,3)61-44-46-62(47-45-61)91(76-37-21-16-32-68(76)69-33-17-22-38-77(69)91)65-50-66(93-58-94(82-43-27-26-42-81(82)93)87-73(59-28-12-10-13-29-59)52-64(90(7,8)9)53-74(87)60-30-14-11-15-31-60)55-67(51-65)97-85-57-83-75(56-84(85)95-78-39-23-18-34-70(78)71-35-19-24-40-79(71)95)72-36-20-25-41-80(72)96(83)86-54-63(48-49-92-86)89(4,5)6;/h10-54,56,58H,1-9H3;/q-3;. The van der Waals surface area contributed by atoms with E-state index in [1.807, 2.05) is 6.20 Å². The Bertz CT molecular complexity index is 5450. The zero-order chi connectivity index (χ0) is 66.1. The molecule has 15 aromatic rings. The van der Waals surface area contributed by atoms with E-state index in [9.17, 15) is 0 Å². The van der Waals surface area contributed by atoms with Crippen molar-refractivity contribution in [2.75, 3.05) is 9.80 Å². The van der Waals surface area contributed by atoms with Crippen molar-refractivity contribution in [2.24, 2.45) is 0 Å². The van der Waals surface area contributed by atoms with E-state index in [1.54, 1.807) is 0 Å². The molecule has 0 radical (unpaired) electrons. The van der Waals surface area contributed by atoms with Crippen LogP contribution in [0.4, 0.5) is 22.7 Å². The third-order valence-corrected chi connectivity index (χ3v) is 20.2. The molecule has 12 aromatic carbocycles. The van der Waals surface area contributed by atoms with Crippen molar-refractivity contribution in [3.63, 3.8) is 0 Å². The van der Waals surface area contributed by atoms with Crippen LogP contribution >= 0.6 is 0 Å². The molecule has 0 N–H and O–H groups in total. The van der Waals surface area contributed by atoms with Gasteiger partial charge in [0.15, 0.2) is 0 Å². The van der Waals surface area contributed by atoms with Crippen LogP contribution in [0.3, 0.4) is 0 Å². The summed E-state index contributed by atoms with van der Waals surface area (Å²) in [5.74, 6) is 1.88. The molecule has 0 saturated heterocycles. The monoisotopic (exact) mass is 1450 g/mol. The second kappa shape index (κ2) is 23.6. The third-order valence-electron chi connectivity index (χ3n) is 20.2. The predicted molar refractivity (Wildman–Crippen MR) is 403 cm³/mol. The fourth-order valence-corrected chi connectivity index (χ4v) is 15.3. The van der Waals surface area contributed by atoms with Crippen molar-refractivity contribution in [1.29, 1.82) is 0 Å². The van der Waals surface area contributed by atoms with E-state index in [0.29, 0.717) is 11.5 Å². The number of pyridine rings is 1. The Hall–Kier alpha value is -10.5. The number of aromatic nitrogens is 3. The number of fused-ring (bicyclic) bond motifs is 10. The fraction of sp³-hybridized carbons (Fsp3) is 0.143. The van der Waals surface area contributed by atoms with Gasteiger partial charge in [0, 0.05) is 99.7 Å². The molecule has 4 heterocycles. The van der Waals surface area contributed by atoms with Gasteiger partial charge in [0.1, 0.15) is 5.82 Å². The Morgan fingerprint density at radius 3 is 1.44 bits per heavy atom. The van der Waals surface area contributed by atoms with Crippen LogP contribution in [-0.2, 0) is 42.7 Å². The molecule has 98 heavy (non-hydrogen) atoms. The molecule has 0 spiro atoms. The van der Waals surface area contributed by atoms with Crippen molar-refractivity contribution in [2.45, 2.75) is 84.0 Å². The molecule has 0 fully saturated rings. The smallest absolute Gasteiger partial charge is 0.135 e. The van der Waals surface area contributed by atoms with Crippen LogP contribution in [0.5, 0.6) is 11.5 Å². The van der Waals surface area contributed by atoms with Gasteiger partial charge in [0.2, 0.25) is 0 Å². The second-order valence-corrected chi connectivity index (χ2v) is 29.3. The minimum Gasteiger partial charge on any atom is -0.507 e. The first-order valence-corrected chi connectivity index (χ1v) is 33.8. The summed E-state index contributed by atoms with van der Waals surface area (Å²) in [7, 11) is 0. The van der Waals surface area contributed by atoms with E-state index in [1.165, 1.54) is 38.9 Å². The first kappa shape index (κ1) is 62.3. The van der Waals surface area contributed by atoms with Gasteiger partial charge < -0.3 is 23.7 Å². The SMILES string of the molecule is CC(C)(C)c1ccc(C2(c3cc(Oc4[c-]c5c(cc4-n4c6ccccc6c6ccccc64)c4ccccc4n5-c4cc(C(C)(C)C)ccn4)[c-]c(N4[CH-]N(c5c(-c6ccccc6)cc(C(C)(C)C)cc5-c5ccccc5)c5ccccc54)c3)c3ccccc3-c3ccccc32)cc1.[Pt]. The van der Waals surface area contributed by atoms with Crippen LogP contribution in [0.1, 0.15) is 101 Å². The molecule has 482 valence electrons.